The number of carbonyl (C=O) groups excluding carboxylic acids is 1. The number of aromatic nitrogens is 1. The van der Waals surface area contributed by atoms with Gasteiger partial charge in [-0.15, -0.1) is 0 Å². The predicted molar refractivity (Wildman–Crippen MR) is 55.0 cm³/mol. The molecule has 0 N–H and O–H groups in total. The second-order valence-electron chi connectivity index (χ2n) is 3.82. The maximum absolute atomic E-state index is 11.0. The molecule has 0 bridgehead atoms. The number of rotatable bonds is 2. The van der Waals surface area contributed by atoms with Gasteiger partial charge in [0.1, 0.15) is 13.2 Å². The minimum Gasteiger partial charge on any atom is -0.454 e. The van der Waals surface area contributed by atoms with Crippen molar-refractivity contribution in [2.24, 2.45) is 7.05 Å². The molecule has 78 valence electrons. The van der Waals surface area contributed by atoms with Crippen LogP contribution in [0.25, 0.3) is 0 Å². The molecule has 2 heterocycles. The van der Waals surface area contributed by atoms with Crippen LogP contribution < -0.4 is 4.57 Å². The van der Waals surface area contributed by atoms with E-state index in [0.717, 1.165) is 17.7 Å². The molecule has 1 aromatic heterocycles. The van der Waals surface area contributed by atoms with Crippen molar-refractivity contribution >= 4 is 5.97 Å². The summed E-state index contributed by atoms with van der Waals surface area (Å²) in [6.45, 7) is 1.93. The van der Waals surface area contributed by atoms with Crippen molar-refractivity contribution in [2.75, 3.05) is 0 Å². The molecular formula is C12H14NO2+. The monoisotopic (exact) mass is 204 g/mol. The zero-order valence-corrected chi connectivity index (χ0v) is 8.93. The molecule has 0 amide bonds. The average Bonchev–Trinajstić information content (AvgIpc) is 2.49. The molecule has 1 aliphatic rings. The van der Waals surface area contributed by atoms with Gasteiger partial charge in [0.15, 0.2) is 11.9 Å². The Balaban J connectivity index is 2.14. The smallest absolute Gasteiger partial charge is 0.331 e. The van der Waals surface area contributed by atoms with Crippen LogP contribution in [0.3, 0.4) is 0 Å². The third-order valence-electron chi connectivity index (χ3n) is 2.67. The molecule has 0 radical (unpaired) electrons. The van der Waals surface area contributed by atoms with Crippen LogP contribution in [-0.4, -0.2) is 12.1 Å². The summed E-state index contributed by atoms with van der Waals surface area (Å²) in [6, 6.07) is 6.01. The predicted octanol–water partition coefficient (Wildman–Crippen LogP) is 0.925. The van der Waals surface area contributed by atoms with Gasteiger partial charge < -0.3 is 4.74 Å². The zero-order valence-electron chi connectivity index (χ0n) is 8.93. The van der Waals surface area contributed by atoms with E-state index in [1.54, 1.807) is 6.08 Å². The molecular weight excluding hydrogens is 190 g/mol. The lowest BCUT2D eigenvalue weighted by Crippen LogP contribution is -2.35. The van der Waals surface area contributed by atoms with Crippen molar-refractivity contribution < 1.29 is 14.1 Å². The normalized spacial score (nSPS) is 20.0. The van der Waals surface area contributed by atoms with Gasteiger partial charge in [-0.05, 0) is 12.5 Å². The summed E-state index contributed by atoms with van der Waals surface area (Å²) in [5, 5.41) is 0. The van der Waals surface area contributed by atoms with E-state index >= 15 is 0 Å². The Hall–Kier alpha value is -1.64. The molecule has 2 rings (SSSR count). The Kier molecular flexibility index (Phi) is 2.54. The van der Waals surface area contributed by atoms with E-state index in [9.17, 15) is 4.79 Å². The molecule has 0 aromatic carbocycles. The molecule has 15 heavy (non-hydrogen) atoms. The fourth-order valence-electron chi connectivity index (χ4n) is 1.71. The second-order valence-corrected chi connectivity index (χ2v) is 3.82. The van der Waals surface area contributed by atoms with Gasteiger partial charge in [-0.2, -0.15) is 0 Å². The molecule has 3 nitrogen and oxygen atoms in total. The highest BCUT2D eigenvalue weighted by Crippen LogP contribution is 2.17. The van der Waals surface area contributed by atoms with Gasteiger partial charge in [0.25, 0.3) is 0 Å². The van der Waals surface area contributed by atoms with Crippen LogP contribution in [0.2, 0.25) is 0 Å². The molecule has 1 atom stereocenters. The highest BCUT2D eigenvalue weighted by Gasteiger charge is 2.25. The van der Waals surface area contributed by atoms with Crippen molar-refractivity contribution in [3.63, 3.8) is 0 Å². The number of hydrogen-bond acceptors (Lipinski definition) is 2. The molecule has 0 saturated heterocycles. The Morgan fingerprint density at radius 2 is 2.27 bits per heavy atom. The largest absolute Gasteiger partial charge is 0.454 e. The van der Waals surface area contributed by atoms with Crippen LogP contribution in [0.15, 0.2) is 36.0 Å². The number of carbonyl (C=O) groups is 1. The lowest BCUT2D eigenvalue weighted by molar-refractivity contribution is -0.679. The fourth-order valence-corrected chi connectivity index (χ4v) is 1.71. The van der Waals surface area contributed by atoms with Crippen LogP contribution in [0.4, 0.5) is 0 Å². The zero-order chi connectivity index (χ0) is 10.8. The highest BCUT2D eigenvalue weighted by molar-refractivity contribution is 5.85. The molecule has 0 unspecified atom stereocenters. The molecule has 0 aliphatic carbocycles. The first-order chi connectivity index (χ1) is 7.16. The molecule has 3 heteroatoms. The lowest BCUT2D eigenvalue weighted by atomic mass is 10.1. The summed E-state index contributed by atoms with van der Waals surface area (Å²) in [5.74, 6) is -0.226. The van der Waals surface area contributed by atoms with Crippen molar-refractivity contribution in [2.45, 2.75) is 19.4 Å². The summed E-state index contributed by atoms with van der Waals surface area (Å²) >= 11 is 0. The van der Waals surface area contributed by atoms with Gasteiger partial charge >= 0.3 is 5.97 Å². The van der Waals surface area contributed by atoms with Crippen molar-refractivity contribution in [1.82, 2.24) is 0 Å². The standard InChI is InChI=1S/C12H14NO2/c1-9-7-12(14)15-11(9)8-10-5-3-4-6-13(10)2/h3-7,11H,8H2,1-2H3/q+1/t11-/m1/s1. The quantitative estimate of drug-likeness (QED) is 0.530. The van der Waals surface area contributed by atoms with E-state index in [4.69, 9.17) is 4.74 Å². The maximum atomic E-state index is 11.0. The van der Waals surface area contributed by atoms with E-state index in [1.165, 1.54) is 0 Å². The summed E-state index contributed by atoms with van der Waals surface area (Å²) in [7, 11) is 1.99. The van der Waals surface area contributed by atoms with Gasteiger partial charge in [0.05, 0.1) is 6.42 Å². The molecule has 1 aliphatic heterocycles. The number of esters is 1. The third-order valence-corrected chi connectivity index (χ3v) is 2.67. The number of nitrogens with zero attached hydrogens (tertiary/aromatic N) is 1. The summed E-state index contributed by atoms with van der Waals surface area (Å²) in [4.78, 5) is 11.0. The number of aryl methyl sites for hydroxylation is 1. The maximum Gasteiger partial charge on any atom is 0.331 e. The number of cyclic esters (lactones) is 1. The summed E-state index contributed by atoms with van der Waals surface area (Å²) < 4.78 is 7.23. The number of pyridine rings is 1. The average molecular weight is 204 g/mol. The van der Waals surface area contributed by atoms with E-state index in [0.29, 0.717) is 0 Å². The van der Waals surface area contributed by atoms with Crippen LogP contribution in [0.1, 0.15) is 12.6 Å². The van der Waals surface area contributed by atoms with Crippen LogP contribution in [-0.2, 0) is 23.0 Å². The van der Waals surface area contributed by atoms with E-state index in [2.05, 4.69) is 0 Å². The molecule has 0 saturated carbocycles. The van der Waals surface area contributed by atoms with Crippen molar-refractivity contribution in [3.05, 3.63) is 41.7 Å². The summed E-state index contributed by atoms with van der Waals surface area (Å²) in [5.41, 5.74) is 2.16. The number of hydrogen-bond donors (Lipinski definition) is 0. The molecule has 0 fully saturated rings. The first-order valence-electron chi connectivity index (χ1n) is 4.99. The Morgan fingerprint density at radius 3 is 2.87 bits per heavy atom. The van der Waals surface area contributed by atoms with Gasteiger partial charge in [-0.25, -0.2) is 9.36 Å². The van der Waals surface area contributed by atoms with Crippen molar-refractivity contribution in [1.29, 1.82) is 0 Å². The second kappa shape index (κ2) is 3.85. The SMILES string of the molecule is CC1=CC(=O)O[C@@H]1Cc1cccc[n+]1C. The Labute approximate surface area is 89.0 Å². The topological polar surface area (TPSA) is 30.2 Å². The van der Waals surface area contributed by atoms with Gasteiger partial charge in [0.2, 0.25) is 0 Å². The third kappa shape index (κ3) is 2.06. The summed E-state index contributed by atoms with van der Waals surface area (Å²) in [6.07, 6.45) is 4.20. The van der Waals surface area contributed by atoms with E-state index < -0.39 is 0 Å². The molecule has 0 spiro atoms. The lowest BCUT2D eigenvalue weighted by Gasteiger charge is -2.09. The van der Waals surface area contributed by atoms with Gasteiger partial charge in [-0.3, -0.25) is 0 Å². The minimum absolute atomic E-state index is 0.0916. The Morgan fingerprint density at radius 1 is 1.47 bits per heavy atom. The Bertz CT molecular complexity index is 423. The van der Waals surface area contributed by atoms with Crippen LogP contribution in [0, 0.1) is 0 Å². The van der Waals surface area contributed by atoms with Gasteiger partial charge in [0, 0.05) is 18.2 Å². The first-order valence-corrected chi connectivity index (χ1v) is 4.99. The molecule has 1 aromatic rings. The number of ether oxygens (including phenoxy) is 1. The van der Waals surface area contributed by atoms with Crippen LogP contribution in [0.5, 0.6) is 0 Å². The van der Waals surface area contributed by atoms with Crippen LogP contribution >= 0.6 is 0 Å². The minimum atomic E-state index is -0.226. The highest BCUT2D eigenvalue weighted by atomic mass is 16.5. The van der Waals surface area contributed by atoms with E-state index in [1.807, 2.05) is 42.9 Å². The van der Waals surface area contributed by atoms with Gasteiger partial charge in [-0.1, -0.05) is 6.07 Å². The van der Waals surface area contributed by atoms with E-state index in [-0.39, 0.29) is 12.1 Å². The fraction of sp³-hybridized carbons (Fsp3) is 0.333. The first kappa shape index (κ1) is 9.90. The van der Waals surface area contributed by atoms with Crippen molar-refractivity contribution in [3.8, 4) is 0 Å².